The zero-order chi connectivity index (χ0) is 21.1. The lowest BCUT2D eigenvalue weighted by atomic mass is 10.0. The highest BCUT2D eigenvalue weighted by Crippen LogP contribution is 2.21. The summed E-state index contributed by atoms with van der Waals surface area (Å²) in [7, 11) is 0. The maximum Gasteiger partial charge on any atom is 0.272 e. The average Bonchev–Trinajstić information content (AvgIpc) is 3.36. The first-order chi connectivity index (χ1) is 14.5. The van der Waals surface area contributed by atoms with Crippen molar-refractivity contribution in [2.75, 3.05) is 5.32 Å². The number of benzene rings is 2. The summed E-state index contributed by atoms with van der Waals surface area (Å²) in [4.78, 5) is 19.1. The van der Waals surface area contributed by atoms with Crippen LogP contribution in [0.2, 0.25) is 0 Å². The summed E-state index contributed by atoms with van der Waals surface area (Å²) < 4.78 is 0. The zero-order valence-electron chi connectivity index (χ0n) is 17.0. The van der Waals surface area contributed by atoms with Gasteiger partial charge in [0.15, 0.2) is 0 Å². The first-order valence-corrected chi connectivity index (χ1v) is 9.91. The number of nitrogens with two attached hydrogens (primary N) is 1. The predicted octanol–water partition coefficient (Wildman–Crippen LogP) is 4.78. The van der Waals surface area contributed by atoms with Gasteiger partial charge in [0.25, 0.3) is 5.91 Å². The van der Waals surface area contributed by atoms with E-state index in [1.54, 1.807) is 6.92 Å². The van der Waals surface area contributed by atoms with Gasteiger partial charge in [-0.25, -0.2) is 0 Å². The van der Waals surface area contributed by atoms with Crippen molar-refractivity contribution in [2.45, 2.75) is 26.7 Å². The second-order valence-electron chi connectivity index (χ2n) is 7.26. The quantitative estimate of drug-likeness (QED) is 0.212. The van der Waals surface area contributed by atoms with E-state index in [1.165, 1.54) is 0 Å². The summed E-state index contributed by atoms with van der Waals surface area (Å²) in [5, 5.41) is 13.3. The number of aromatic nitrogens is 2. The summed E-state index contributed by atoms with van der Waals surface area (Å²) in [6.45, 7) is 3.80. The second-order valence-corrected chi connectivity index (χ2v) is 7.26. The third-order valence-electron chi connectivity index (χ3n) is 4.83. The van der Waals surface area contributed by atoms with Crippen LogP contribution in [0.25, 0.3) is 21.8 Å². The van der Waals surface area contributed by atoms with Gasteiger partial charge in [0.05, 0.1) is 5.71 Å². The van der Waals surface area contributed by atoms with Crippen molar-refractivity contribution in [3.05, 3.63) is 66.0 Å². The van der Waals surface area contributed by atoms with E-state index in [0.29, 0.717) is 11.5 Å². The number of fused-ring (bicyclic) bond motifs is 2. The molecule has 0 unspecified atom stereocenters. The molecule has 0 saturated carbocycles. The summed E-state index contributed by atoms with van der Waals surface area (Å²) >= 11 is 0. The Bertz CT molecular complexity index is 1270. The number of amides is 1. The summed E-state index contributed by atoms with van der Waals surface area (Å²) in [5.41, 5.74) is 10.6. The summed E-state index contributed by atoms with van der Waals surface area (Å²) in [6, 6.07) is 15.6. The van der Waals surface area contributed by atoms with Gasteiger partial charge in [-0.2, -0.15) is 5.10 Å². The van der Waals surface area contributed by atoms with Gasteiger partial charge in [0.2, 0.25) is 0 Å². The number of hydrogen-bond donors (Lipinski definition) is 4. The first-order valence-electron chi connectivity index (χ1n) is 9.91. The minimum Gasteiger partial charge on any atom is -0.386 e. The molecular formula is C23H24N6O. The van der Waals surface area contributed by atoms with Crippen LogP contribution < -0.4 is 11.1 Å². The molecule has 0 fully saturated rings. The standard InChI is InChI=1S/C23H24N6O/c1-3-4-20(29-28-14(2)24)16-6-8-19-17(11-16)12-22(27-19)23(30)26-18-7-5-15-9-10-25-21(15)13-18/h5-13,25,27H,3-4H2,1-2H3,(H2,24,28)(H,26,30)/b29-20+. The fourth-order valence-corrected chi connectivity index (χ4v) is 3.39. The van der Waals surface area contributed by atoms with E-state index >= 15 is 0 Å². The number of carbonyl (C=O) groups is 1. The van der Waals surface area contributed by atoms with Gasteiger partial charge < -0.3 is 21.0 Å². The number of aromatic amines is 2. The van der Waals surface area contributed by atoms with Crippen LogP contribution in [0.1, 0.15) is 42.7 Å². The molecule has 2 aromatic heterocycles. The highest BCUT2D eigenvalue weighted by Gasteiger charge is 2.12. The fraction of sp³-hybridized carbons (Fsp3) is 0.174. The van der Waals surface area contributed by atoms with E-state index in [9.17, 15) is 4.79 Å². The van der Waals surface area contributed by atoms with Crippen LogP contribution in [0.5, 0.6) is 0 Å². The molecule has 7 heteroatoms. The van der Waals surface area contributed by atoms with E-state index < -0.39 is 0 Å². The van der Waals surface area contributed by atoms with Crippen LogP contribution in [0.15, 0.2) is 64.9 Å². The second kappa shape index (κ2) is 8.24. The van der Waals surface area contributed by atoms with Gasteiger partial charge in [-0.15, -0.1) is 5.10 Å². The van der Waals surface area contributed by atoms with Crippen LogP contribution in [0, 0.1) is 0 Å². The van der Waals surface area contributed by atoms with Crippen LogP contribution in [-0.4, -0.2) is 27.4 Å². The van der Waals surface area contributed by atoms with E-state index in [2.05, 4.69) is 32.4 Å². The molecule has 0 radical (unpaired) electrons. The molecule has 0 aliphatic heterocycles. The number of anilines is 1. The Balaban J connectivity index is 1.60. The molecule has 30 heavy (non-hydrogen) atoms. The van der Waals surface area contributed by atoms with E-state index in [1.807, 2.05) is 54.7 Å². The smallest absolute Gasteiger partial charge is 0.272 e. The Morgan fingerprint density at radius 2 is 1.90 bits per heavy atom. The molecule has 0 aliphatic carbocycles. The van der Waals surface area contributed by atoms with Crippen LogP contribution in [-0.2, 0) is 0 Å². The molecule has 7 nitrogen and oxygen atoms in total. The van der Waals surface area contributed by atoms with E-state index in [-0.39, 0.29) is 5.91 Å². The molecular weight excluding hydrogens is 376 g/mol. The topological polar surface area (TPSA) is 111 Å². The highest BCUT2D eigenvalue weighted by molar-refractivity contribution is 6.08. The van der Waals surface area contributed by atoms with Gasteiger partial charge in [0.1, 0.15) is 11.5 Å². The van der Waals surface area contributed by atoms with Gasteiger partial charge in [-0.1, -0.05) is 25.5 Å². The minimum absolute atomic E-state index is 0.190. The molecule has 2 aromatic carbocycles. The van der Waals surface area contributed by atoms with Crippen molar-refractivity contribution in [1.82, 2.24) is 9.97 Å². The fourth-order valence-electron chi connectivity index (χ4n) is 3.39. The monoisotopic (exact) mass is 400 g/mol. The number of rotatable bonds is 6. The van der Waals surface area contributed by atoms with Gasteiger partial charge in [-0.3, -0.25) is 4.79 Å². The van der Waals surface area contributed by atoms with Crippen molar-refractivity contribution in [2.24, 2.45) is 15.9 Å². The minimum atomic E-state index is -0.190. The normalized spacial score (nSPS) is 12.6. The van der Waals surface area contributed by atoms with Crippen LogP contribution in [0.3, 0.4) is 0 Å². The first kappa shape index (κ1) is 19.4. The van der Waals surface area contributed by atoms with Gasteiger partial charge in [0, 0.05) is 28.3 Å². The Morgan fingerprint density at radius 3 is 2.70 bits per heavy atom. The lowest BCUT2D eigenvalue weighted by Crippen LogP contribution is -2.12. The Morgan fingerprint density at radius 1 is 1.03 bits per heavy atom. The molecule has 2 heterocycles. The zero-order valence-corrected chi connectivity index (χ0v) is 17.0. The molecule has 0 aliphatic rings. The van der Waals surface area contributed by atoms with Gasteiger partial charge in [-0.05, 0) is 60.7 Å². The molecule has 5 N–H and O–H groups in total. The highest BCUT2D eigenvalue weighted by atomic mass is 16.1. The third kappa shape index (κ3) is 4.10. The molecule has 0 atom stereocenters. The lowest BCUT2D eigenvalue weighted by molar-refractivity contribution is 0.102. The molecule has 0 bridgehead atoms. The lowest BCUT2D eigenvalue weighted by Gasteiger charge is -2.04. The predicted molar refractivity (Wildman–Crippen MR) is 123 cm³/mol. The maximum absolute atomic E-state index is 12.7. The van der Waals surface area contributed by atoms with E-state index in [0.717, 1.165) is 51.6 Å². The Hall–Kier alpha value is -3.87. The summed E-state index contributed by atoms with van der Waals surface area (Å²) in [6.07, 6.45) is 3.62. The molecule has 0 spiro atoms. The number of amidine groups is 1. The number of hydrogen-bond acceptors (Lipinski definition) is 3. The molecule has 0 saturated heterocycles. The van der Waals surface area contributed by atoms with Crippen molar-refractivity contribution in [1.29, 1.82) is 0 Å². The number of carbonyl (C=O) groups excluding carboxylic acids is 1. The number of nitrogens with one attached hydrogen (secondary N) is 3. The van der Waals surface area contributed by atoms with Crippen molar-refractivity contribution >= 4 is 44.9 Å². The number of H-pyrrole nitrogens is 2. The van der Waals surface area contributed by atoms with Crippen molar-refractivity contribution in [3.63, 3.8) is 0 Å². The van der Waals surface area contributed by atoms with Crippen LogP contribution in [0.4, 0.5) is 5.69 Å². The SMILES string of the molecule is CCC/C(=N\N=C(\C)N)c1ccc2[nH]c(C(=O)Nc3ccc4cc[nH]c4c3)cc2c1. The largest absolute Gasteiger partial charge is 0.386 e. The molecule has 4 rings (SSSR count). The van der Waals surface area contributed by atoms with Crippen LogP contribution >= 0.6 is 0 Å². The number of nitrogens with zero attached hydrogens (tertiary/aromatic N) is 2. The summed E-state index contributed by atoms with van der Waals surface area (Å²) in [5.74, 6) is 0.229. The molecule has 152 valence electrons. The Kier molecular flexibility index (Phi) is 5.34. The molecule has 1 amide bonds. The molecule has 4 aromatic rings. The maximum atomic E-state index is 12.7. The van der Waals surface area contributed by atoms with Crippen molar-refractivity contribution < 1.29 is 4.79 Å². The van der Waals surface area contributed by atoms with E-state index in [4.69, 9.17) is 5.73 Å². The average molecular weight is 400 g/mol. The Labute approximate surface area is 174 Å². The third-order valence-corrected chi connectivity index (χ3v) is 4.83. The van der Waals surface area contributed by atoms with Crippen molar-refractivity contribution in [3.8, 4) is 0 Å². The van der Waals surface area contributed by atoms with Gasteiger partial charge >= 0.3 is 0 Å².